The number of benzene rings is 1. The van der Waals surface area contributed by atoms with Crippen LogP contribution in [0.2, 0.25) is 10.3 Å². The second kappa shape index (κ2) is 4.99. The van der Waals surface area contributed by atoms with Gasteiger partial charge in [0.2, 0.25) is 0 Å². The van der Waals surface area contributed by atoms with Crippen LogP contribution >= 0.6 is 45.8 Å². The third kappa shape index (κ3) is 2.83. The number of halogens is 5. The van der Waals surface area contributed by atoms with Gasteiger partial charge in [-0.3, -0.25) is 0 Å². The summed E-state index contributed by atoms with van der Waals surface area (Å²) in [6.07, 6.45) is 0. The summed E-state index contributed by atoms with van der Waals surface area (Å²) in [6, 6.07) is 2.98. The Labute approximate surface area is 119 Å². The molecule has 0 radical (unpaired) electrons. The minimum atomic E-state index is -0.714. The third-order valence-corrected chi connectivity index (χ3v) is 4.10. The zero-order chi connectivity index (χ0) is 12.6. The van der Waals surface area contributed by atoms with Crippen molar-refractivity contribution in [2.45, 2.75) is 0 Å². The smallest absolute Gasteiger partial charge is 0.162 e. The van der Waals surface area contributed by atoms with Gasteiger partial charge in [0.05, 0.1) is 3.57 Å². The molecule has 1 aromatic carbocycles. The zero-order valence-corrected chi connectivity index (χ0v) is 11.7. The van der Waals surface area contributed by atoms with Crippen LogP contribution in [0.25, 0.3) is 11.4 Å². The van der Waals surface area contributed by atoms with Crippen LogP contribution in [-0.2, 0) is 0 Å². The first-order valence-corrected chi connectivity index (χ1v) is 6.16. The number of hydrogen-bond acceptors (Lipinski definition) is 2. The van der Waals surface area contributed by atoms with E-state index in [0.29, 0.717) is 3.57 Å². The van der Waals surface area contributed by atoms with Crippen molar-refractivity contribution >= 4 is 45.8 Å². The highest BCUT2D eigenvalue weighted by Gasteiger charge is 2.12. The molecular weight excluding hydrogens is 384 g/mol. The maximum absolute atomic E-state index is 13.0. The lowest BCUT2D eigenvalue weighted by Crippen LogP contribution is -1.95. The van der Waals surface area contributed by atoms with Crippen LogP contribution in [0.5, 0.6) is 0 Å². The first kappa shape index (κ1) is 12.9. The lowest BCUT2D eigenvalue weighted by atomic mass is 10.2. The van der Waals surface area contributed by atoms with Crippen LogP contribution < -0.4 is 0 Å². The summed E-state index contributed by atoms with van der Waals surface area (Å²) < 4.78 is 26.6. The molecule has 2 nitrogen and oxygen atoms in total. The molecule has 0 amide bonds. The quantitative estimate of drug-likeness (QED) is 0.538. The molecule has 1 heterocycles. The fourth-order valence-corrected chi connectivity index (χ4v) is 1.83. The van der Waals surface area contributed by atoms with E-state index in [2.05, 4.69) is 9.97 Å². The van der Waals surface area contributed by atoms with Gasteiger partial charge in [-0.05, 0) is 34.7 Å². The predicted octanol–water partition coefficient (Wildman–Crippen LogP) is 4.33. The Morgan fingerprint density at radius 3 is 1.88 bits per heavy atom. The van der Waals surface area contributed by atoms with E-state index in [-0.39, 0.29) is 21.7 Å². The molecule has 0 atom stereocenters. The van der Waals surface area contributed by atoms with E-state index in [1.54, 1.807) is 0 Å². The summed E-state index contributed by atoms with van der Waals surface area (Å²) in [7, 11) is 0. The summed E-state index contributed by atoms with van der Waals surface area (Å²) in [5, 5.41) is 0.288. The molecule has 7 heteroatoms. The van der Waals surface area contributed by atoms with Gasteiger partial charge in [-0.1, -0.05) is 23.2 Å². The Hall–Kier alpha value is -0.530. The van der Waals surface area contributed by atoms with E-state index in [1.165, 1.54) is 0 Å². The van der Waals surface area contributed by atoms with E-state index >= 15 is 0 Å². The maximum atomic E-state index is 13.0. The lowest BCUT2D eigenvalue weighted by Gasteiger charge is -2.04. The molecule has 0 fully saturated rings. The first-order valence-electron chi connectivity index (χ1n) is 4.32. The van der Waals surface area contributed by atoms with Gasteiger partial charge in [0.25, 0.3) is 0 Å². The Balaban J connectivity index is 2.60. The zero-order valence-electron chi connectivity index (χ0n) is 8.02. The molecule has 17 heavy (non-hydrogen) atoms. The van der Waals surface area contributed by atoms with Crippen LogP contribution in [0.4, 0.5) is 8.78 Å². The standard InChI is InChI=1S/C10H3Cl2F2IN2/c11-8-7(15)9(12)17-10(16-8)4-1-5(13)3-6(14)2-4/h1-3H. The van der Waals surface area contributed by atoms with Crippen molar-refractivity contribution in [2.24, 2.45) is 0 Å². The van der Waals surface area contributed by atoms with Gasteiger partial charge in [0, 0.05) is 11.6 Å². The molecule has 0 bridgehead atoms. The Bertz CT molecular complexity index is 549. The van der Waals surface area contributed by atoms with Gasteiger partial charge >= 0.3 is 0 Å². The highest BCUT2D eigenvalue weighted by Crippen LogP contribution is 2.27. The van der Waals surface area contributed by atoms with Crippen molar-refractivity contribution in [3.8, 4) is 11.4 Å². The van der Waals surface area contributed by atoms with Gasteiger partial charge in [-0.15, -0.1) is 0 Å². The van der Waals surface area contributed by atoms with E-state index in [9.17, 15) is 8.78 Å². The molecule has 0 N–H and O–H groups in total. The van der Waals surface area contributed by atoms with Crippen molar-refractivity contribution in [2.75, 3.05) is 0 Å². The number of hydrogen-bond donors (Lipinski definition) is 0. The fourth-order valence-electron chi connectivity index (χ4n) is 1.21. The van der Waals surface area contributed by atoms with Crippen molar-refractivity contribution in [3.63, 3.8) is 0 Å². The summed E-state index contributed by atoms with van der Waals surface area (Å²) in [4.78, 5) is 7.83. The molecule has 1 aromatic heterocycles. The molecule has 0 saturated heterocycles. The van der Waals surface area contributed by atoms with Gasteiger partial charge < -0.3 is 0 Å². The molecular formula is C10H3Cl2F2IN2. The van der Waals surface area contributed by atoms with E-state index in [0.717, 1.165) is 18.2 Å². The monoisotopic (exact) mass is 386 g/mol. The Morgan fingerprint density at radius 2 is 1.41 bits per heavy atom. The molecule has 0 aliphatic carbocycles. The van der Waals surface area contributed by atoms with Crippen molar-refractivity contribution in [1.82, 2.24) is 9.97 Å². The molecule has 88 valence electrons. The number of rotatable bonds is 1. The van der Waals surface area contributed by atoms with Crippen molar-refractivity contribution < 1.29 is 8.78 Å². The normalized spacial score (nSPS) is 10.6. The summed E-state index contributed by atoms with van der Waals surface area (Å²) >= 11 is 13.5. The van der Waals surface area contributed by atoms with E-state index < -0.39 is 11.6 Å². The molecule has 2 aromatic rings. The molecule has 0 spiro atoms. The van der Waals surface area contributed by atoms with Crippen LogP contribution in [0.3, 0.4) is 0 Å². The average Bonchev–Trinajstić information content (AvgIpc) is 2.23. The van der Waals surface area contributed by atoms with Crippen molar-refractivity contribution in [1.29, 1.82) is 0 Å². The molecule has 0 aliphatic rings. The highest BCUT2D eigenvalue weighted by atomic mass is 127. The molecule has 2 rings (SSSR count). The maximum Gasteiger partial charge on any atom is 0.162 e. The SMILES string of the molecule is Fc1cc(F)cc(-c2nc(Cl)c(I)c(Cl)n2)c1. The Morgan fingerprint density at radius 1 is 0.941 bits per heavy atom. The molecule has 0 unspecified atom stereocenters. The Kier molecular flexibility index (Phi) is 3.79. The molecule has 0 saturated carbocycles. The second-order valence-electron chi connectivity index (χ2n) is 3.10. The van der Waals surface area contributed by atoms with Crippen LogP contribution in [0.15, 0.2) is 18.2 Å². The van der Waals surface area contributed by atoms with Crippen LogP contribution in [-0.4, -0.2) is 9.97 Å². The third-order valence-electron chi connectivity index (χ3n) is 1.89. The minimum Gasteiger partial charge on any atom is -0.215 e. The predicted molar refractivity (Wildman–Crippen MR) is 70.1 cm³/mol. The number of aromatic nitrogens is 2. The van der Waals surface area contributed by atoms with Crippen LogP contribution in [0.1, 0.15) is 0 Å². The second-order valence-corrected chi connectivity index (χ2v) is 4.90. The minimum absolute atomic E-state index is 0.0822. The summed E-state index contributed by atoms with van der Waals surface area (Å²) in [5.74, 6) is -1.34. The number of nitrogens with zero attached hydrogens (tertiary/aromatic N) is 2. The topological polar surface area (TPSA) is 25.8 Å². The van der Waals surface area contributed by atoms with Gasteiger partial charge in [0.1, 0.15) is 21.9 Å². The van der Waals surface area contributed by atoms with E-state index in [1.807, 2.05) is 22.6 Å². The molecule has 0 aliphatic heterocycles. The van der Waals surface area contributed by atoms with E-state index in [4.69, 9.17) is 23.2 Å². The average molecular weight is 387 g/mol. The van der Waals surface area contributed by atoms with Gasteiger partial charge in [-0.2, -0.15) is 0 Å². The van der Waals surface area contributed by atoms with Gasteiger partial charge in [0.15, 0.2) is 5.82 Å². The summed E-state index contributed by atoms with van der Waals surface area (Å²) in [5.41, 5.74) is 0.183. The van der Waals surface area contributed by atoms with Crippen molar-refractivity contribution in [3.05, 3.63) is 43.7 Å². The fraction of sp³-hybridized carbons (Fsp3) is 0. The van der Waals surface area contributed by atoms with Crippen LogP contribution in [0, 0.1) is 15.2 Å². The van der Waals surface area contributed by atoms with Gasteiger partial charge in [-0.25, -0.2) is 18.7 Å². The lowest BCUT2D eigenvalue weighted by molar-refractivity contribution is 0.584. The first-order chi connectivity index (χ1) is 7.97. The largest absolute Gasteiger partial charge is 0.215 e. The summed E-state index contributed by atoms with van der Waals surface area (Å²) in [6.45, 7) is 0. The highest BCUT2D eigenvalue weighted by molar-refractivity contribution is 14.1.